The number of nitrogens with one attached hydrogen (secondary N) is 1. The Hall–Kier alpha value is -0.0300. The van der Waals surface area contributed by atoms with Crippen LogP contribution in [0, 0.1) is 0 Å². The summed E-state index contributed by atoms with van der Waals surface area (Å²) in [6.07, 6.45) is 2.16. The summed E-state index contributed by atoms with van der Waals surface area (Å²) in [6.45, 7) is 15.2. The highest BCUT2D eigenvalue weighted by atomic mass is 32.2. The van der Waals surface area contributed by atoms with Crippen LogP contribution in [-0.2, 0) is 0 Å². The first kappa shape index (κ1) is 17.0. The largest absolute Gasteiger partial charge is 0.357 e. The average molecular weight is 304 g/mol. The fourth-order valence-electron chi connectivity index (χ4n) is 1.95. The van der Waals surface area contributed by atoms with Gasteiger partial charge in [0.15, 0.2) is 5.96 Å². The summed E-state index contributed by atoms with van der Waals surface area (Å²) < 4.78 is 0.532. The van der Waals surface area contributed by atoms with Crippen molar-refractivity contribution in [3.05, 3.63) is 0 Å². The van der Waals surface area contributed by atoms with Gasteiger partial charge in [0.2, 0.25) is 0 Å². The lowest BCUT2D eigenvalue weighted by Gasteiger charge is -2.39. The van der Waals surface area contributed by atoms with Crippen LogP contribution in [-0.4, -0.2) is 58.5 Å². The van der Waals surface area contributed by atoms with Gasteiger partial charge in [-0.05, 0) is 40.9 Å². The van der Waals surface area contributed by atoms with E-state index in [4.69, 9.17) is 4.99 Å². The second-order valence-electron chi connectivity index (χ2n) is 6.16. The van der Waals surface area contributed by atoms with Crippen molar-refractivity contribution in [2.24, 2.45) is 4.99 Å². The van der Waals surface area contributed by atoms with Gasteiger partial charge in [-0.1, -0.05) is 0 Å². The van der Waals surface area contributed by atoms with E-state index in [2.05, 4.69) is 62.9 Å². The molecule has 1 saturated heterocycles. The smallest absolute Gasteiger partial charge is 0.194 e. The van der Waals surface area contributed by atoms with Crippen molar-refractivity contribution >= 4 is 29.5 Å². The number of thioether (sulfide) groups is 2. The van der Waals surface area contributed by atoms with Gasteiger partial charge in [-0.25, -0.2) is 0 Å². The number of guanidine groups is 1. The third-order valence-corrected chi connectivity index (χ3v) is 5.75. The quantitative estimate of drug-likeness (QED) is 0.638. The van der Waals surface area contributed by atoms with Crippen LogP contribution >= 0.6 is 23.5 Å². The Bertz CT molecular complexity index is 314. The SMILES string of the molecule is CCNC(=NCC(C)(C)SC)N1CCSC(C)(C)C1. The zero-order chi connectivity index (χ0) is 14.5. The minimum atomic E-state index is 0.209. The lowest BCUT2D eigenvalue weighted by molar-refractivity contribution is 0.375. The molecule has 0 spiro atoms. The monoisotopic (exact) mass is 303 g/mol. The molecule has 19 heavy (non-hydrogen) atoms. The van der Waals surface area contributed by atoms with Crippen LogP contribution < -0.4 is 5.32 Å². The molecule has 0 radical (unpaired) electrons. The highest BCUT2D eigenvalue weighted by Gasteiger charge is 2.29. The van der Waals surface area contributed by atoms with Crippen molar-refractivity contribution in [3.63, 3.8) is 0 Å². The number of hydrogen-bond acceptors (Lipinski definition) is 3. The molecule has 0 aromatic carbocycles. The molecule has 0 saturated carbocycles. The highest BCUT2D eigenvalue weighted by molar-refractivity contribution is 8.00. The summed E-state index contributed by atoms with van der Waals surface area (Å²) >= 11 is 3.94. The molecule has 0 atom stereocenters. The first-order valence-electron chi connectivity index (χ1n) is 7.02. The second kappa shape index (κ2) is 7.11. The van der Waals surface area contributed by atoms with Crippen LogP contribution in [0.1, 0.15) is 34.6 Å². The first-order chi connectivity index (χ1) is 8.79. The van der Waals surface area contributed by atoms with Gasteiger partial charge in [-0.3, -0.25) is 4.99 Å². The molecule has 0 bridgehead atoms. The van der Waals surface area contributed by atoms with Gasteiger partial charge in [-0.2, -0.15) is 23.5 Å². The molecular weight excluding hydrogens is 274 g/mol. The van der Waals surface area contributed by atoms with Crippen LogP contribution in [0.2, 0.25) is 0 Å². The molecule has 1 fully saturated rings. The van der Waals surface area contributed by atoms with Crippen molar-refractivity contribution < 1.29 is 0 Å². The Kier molecular flexibility index (Phi) is 6.37. The van der Waals surface area contributed by atoms with E-state index in [0.29, 0.717) is 4.75 Å². The van der Waals surface area contributed by atoms with Gasteiger partial charge in [0, 0.05) is 34.9 Å². The lowest BCUT2D eigenvalue weighted by Crippen LogP contribution is -2.51. The molecule has 112 valence electrons. The Morgan fingerprint density at radius 1 is 1.47 bits per heavy atom. The van der Waals surface area contributed by atoms with Crippen LogP contribution in [0.5, 0.6) is 0 Å². The summed E-state index contributed by atoms with van der Waals surface area (Å²) in [6, 6.07) is 0. The molecule has 3 nitrogen and oxygen atoms in total. The van der Waals surface area contributed by atoms with Crippen LogP contribution in [0.15, 0.2) is 4.99 Å². The Balaban J connectivity index is 2.73. The lowest BCUT2D eigenvalue weighted by atomic mass is 10.2. The fourth-order valence-corrected chi connectivity index (χ4v) is 3.26. The Labute approximate surface area is 127 Å². The van der Waals surface area contributed by atoms with E-state index in [9.17, 15) is 0 Å². The summed E-state index contributed by atoms with van der Waals surface area (Å²) in [5.74, 6) is 2.27. The van der Waals surface area contributed by atoms with Gasteiger partial charge >= 0.3 is 0 Å². The molecule has 0 amide bonds. The summed E-state index contributed by atoms with van der Waals surface area (Å²) in [5, 5.41) is 3.44. The van der Waals surface area contributed by atoms with Gasteiger partial charge in [0.1, 0.15) is 0 Å². The van der Waals surface area contributed by atoms with Crippen molar-refractivity contribution in [3.8, 4) is 0 Å². The van der Waals surface area contributed by atoms with E-state index >= 15 is 0 Å². The predicted octanol–water partition coefficient (Wildman–Crippen LogP) is 2.92. The molecule has 1 heterocycles. The molecule has 1 rings (SSSR count). The van der Waals surface area contributed by atoms with Crippen LogP contribution in [0.3, 0.4) is 0 Å². The predicted molar refractivity (Wildman–Crippen MR) is 91.7 cm³/mol. The van der Waals surface area contributed by atoms with E-state index < -0.39 is 0 Å². The number of rotatable bonds is 4. The van der Waals surface area contributed by atoms with E-state index in [-0.39, 0.29) is 4.75 Å². The fraction of sp³-hybridized carbons (Fsp3) is 0.929. The molecule has 5 heteroatoms. The molecule has 1 N–H and O–H groups in total. The first-order valence-corrected chi connectivity index (χ1v) is 9.23. The van der Waals surface area contributed by atoms with Gasteiger partial charge < -0.3 is 10.2 Å². The van der Waals surface area contributed by atoms with Crippen LogP contribution in [0.25, 0.3) is 0 Å². The standard InChI is InChI=1S/C14H29N3S2/c1-7-15-12(16-10-13(2,3)18-6)17-8-9-19-14(4,5)11-17/h7-11H2,1-6H3,(H,15,16). The minimum absolute atomic E-state index is 0.209. The van der Waals surface area contributed by atoms with Gasteiger partial charge in [0.05, 0.1) is 6.54 Å². The normalized spacial score (nSPS) is 20.5. The molecule has 0 unspecified atom stereocenters. The Morgan fingerprint density at radius 2 is 2.16 bits per heavy atom. The van der Waals surface area contributed by atoms with Crippen LogP contribution in [0.4, 0.5) is 0 Å². The van der Waals surface area contributed by atoms with E-state index in [1.807, 2.05) is 11.8 Å². The molecule has 0 aromatic heterocycles. The van der Waals surface area contributed by atoms with E-state index in [1.54, 1.807) is 0 Å². The number of nitrogens with zero attached hydrogens (tertiary/aromatic N) is 2. The molecule has 1 aliphatic rings. The molecule has 0 aliphatic carbocycles. The molecule has 0 aromatic rings. The topological polar surface area (TPSA) is 27.6 Å². The summed E-state index contributed by atoms with van der Waals surface area (Å²) in [4.78, 5) is 7.26. The summed E-state index contributed by atoms with van der Waals surface area (Å²) in [7, 11) is 0. The van der Waals surface area contributed by atoms with Crippen molar-refractivity contribution in [2.45, 2.75) is 44.1 Å². The maximum Gasteiger partial charge on any atom is 0.194 e. The van der Waals surface area contributed by atoms with E-state index in [1.165, 1.54) is 5.75 Å². The zero-order valence-corrected chi connectivity index (χ0v) is 14.9. The third-order valence-electron chi connectivity index (χ3n) is 3.22. The zero-order valence-electron chi connectivity index (χ0n) is 13.2. The van der Waals surface area contributed by atoms with Crippen molar-refractivity contribution in [1.29, 1.82) is 0 Å². The van der Waals surface area contributed by atoms with E-state index in [0.717, 1.165) is 32.1 Å². The summed E-state index contributed by atoms with van der Waals surface area (Å²) in [5.41, 5.74) is 0. The third kappa shape index (κ3) is 5.86. The number of hydrogen-bond donors (Lipinski definition) is 1. The minimum Gasteiger partial charge on any atom is -0.357 e. The highest BCUT2D eigenvalue weighted by Crippen LogP contribution is 2.29. The number of aliphatic imine (C=N–C) groups is 1. The maximum atomic E-state index is 4.85. The average Bonchev–Trinajstić information content (AvgIpc) is 2.33. The van der Waals surface area contributed by atoms with Crippen molar-refractivity contribution in [1.82, 2.24) is 10.2 Å². The van der Waals surface area contributed by atoms with Gasteiger partial charge in [0.25, 0.3) is 0 Å². The molecule has 1 aliphatic heterocycles. The van der Waals surface area contributed by atoms with Gasteiger partial charge in [-0.15, -0.1) is 0 Å². The van der Waals surface area contributed by atoms with Crippen molar-refractivity contribution in [2.75, 3.05) is 38.2 Å². The second-order valence-corrected chi connectivity index (χ2v) is 9.48. The Morgan fingerprint density at radius 3 is 2.68 bits per heavy atom. The molecular formula is C14H29N3S2. The maximum absolute atomic E-state index is 4.85.